The fourth-order valence-corrected chi connectivity index (χ4v) is 1.85. The minimum Gasteiger partial charge on any atom is -0.476 e. The van der Waals surface area contributed by atoms with E-state index in [9.17, 15) is 18.4 Å². The van der Waals surface area contributed by atoms with Crippen molar-refractivity contribution in [1.29, 1.82) is 0 Å². The van der Waals surface area contributed by atoms with Gasteiger partial charge in [0.25, 0.3) is 0 Å². The van der Waals surface area contributed by atoms with Gasteiger partial charge in [-0.3, -0.25) is 4.79 Å². The van der Waals surface area contributed by atoms with Crippen molar-refractivity contribution in [3.63, 3.8) is 0 Å². The van der Waals surface area contributed by atoms with Crippen molar-refractivity contribution in [3.05, 3.63) is 57.5 Å². The molecule has 1 heterocycles. The van der Waals surface area contributed by atoms with E-state index in [1.165, 1.54) is 18.3 Å². The van der Waals surface area contributed by atoms with Crippen LogP contribution in [0.1, 0.15) is 35.8 Å². The van der Waals surface area contributed by atoms with Gasteiger partial charge >= 0.3 is 5.97 Å². The quantitative estimate of drug-likeness (QED) is 0.943. The lowest BCUT2D eigenvalue weighted by atomic mass is 10.0. The number of hydrogen-bond donors (Lipinski definition) is 1. The lowest BCUT2D eigenvalue weighted by molar-refractivity contribution is 0.0686. The Morgan fingerprint density at radius 1 is 1.33 bits per heavy atom. The van der Waals surface area contributed by atoms with E-state index < -0.39 is 28.7 Å². The summed E-state index contributed by atoms with van der Waals surface area (Å²) in [6, 6.07) is 3.44. The van der Waals surface area contributed by atoms with E-state index in [1.807, 2.05) is 0 Å². The fourth-order valence-electron chi connectivity index (χ4n) is 1.85. The first-order valence-corrected chi connectivity index (χ1v) is 6.14. The largest absolute Gasteiger partial charge is 0.476 e. The standard InChI is InChI=1S/C14H12F2N2O3/c1-7(2)8-6-18(17-12(13(8)19)14(20)21)10-5-3-4-9(15)11(10)16/h3-7H,1-2H3,(H,20,21). The van der Waals surface area contributed by atoms with Crippen LogP contribution in [0.4, 0.5) is 8.78 Å². The molecule has 0 fully saturated rings. The number of rotatable bonds is 3. The van der Waals surface area contributed by atoms with Crippen LogP contribution in [0, 0.1) is 11.6 Å². The molecular formula is C14H12F2N2O3. The summed E-state index contributed by atoms with van der Waals surface area (Å²) in [5.41, 5.74) is -1.57. The number of nitrogens with zero attached hydrogens (tertiary/aromatic N) is 2. The van der Waals surface area contributed by atoms with E-state index in [2.05, 4.69) is 5.10 Å². The van der Waals surface area contributed by atoms with Crippen LogP contribution in [-0.4, -0.2) is 20.9 Å². The Labute approximate surface area is 118 Å². The molecule has 0 unspecified atom stereocenters. The second kappa shape index (κ2) is 5.43. The highest BCUT2D eigenvalue weighted by molar-refractivity contribution is 5.85. The third-order valence-corrected chi connectivity index (χ3v) is 2.95. The van der Waals surface area contributed by atoms with Crippen LogP contribution in [-0.2, 0) is 0 Å². The lowest BCUT2D eigenvalue weighted by Gasteiger charge is -2.12. The number of benzene rings is 1. The number of aromatic nitrogens is 2. The summed E-state index contributed by atoms with van der Waals surface area (Å²) in [6.45, 7) is 3.38. The molecule has 0 aliphatic carbocycles. The van der Waals surface area contributed by atoms with Gasteiger partial charge in [0.15, 0.2) is 11.6 Å². The highest BCUT2D eigenvalue weighted by Gasteiger charge is 2.19. The monoisotopic (exact) mass is 294 g/mol. The second-order valence-electron chi connectivity index (χ2n) is 4.74. The number of hydrogen-bond acceptors (Lipinski definition) is 3. The summed E-state index contributed by atoms with van der Waals surface area (Å²) in [4.78, 5) is 23.1. The SMILES string of the molecule is CC(C)c1cn(-c2cccc(F)c2F)nc(C(=O)O)c1=O. The molecule has 2 aromatic rings. The molecule has 1 N–H and O–H groups in total. The molecular weight excluding hydrogens is 282 g/mol. The number of carbonyl (C=O) groups is 1. The summed E-state index contributed by atoms with van der Waals surface area (Å²) in [5, 5.41) is 12.6. The first kappa shape index (κ1) is 14.8. The van der Waals surface area contributed by atoms with Crippen molar-refractivity contribution < 1.29 is 18.7 Å². The minimum absolute atomic E-state index is 0.158. The van der Waals surface area contributed by atoms with Crippen molar-refractivity contribution in [2.24, 2.45) is 0 Å². The molecule has 0 saturated heterocycles. The zero-order valence-corrected chi connectivity index (χ0v) is 11.3. The Morgan fingerprint density at radius 2 is 2.00 bits per heavy atom. The topological polar surface area (TPSA) is 72.2 Å². The summed E-state index contributed by atoms with van der Waals surface area (Å²) in [6.07, 6.45) is 1.22. The average Bonchev–Trinajstić information content (AvgIpc) is 2.41. The van der Waals surface area contributed by atoms with Crippen LogP contribution in [0.25, 0.3) is 5.69 Å². The Morgan fingerprint density at radius 3 is 2.57 bits per heavy atom. The summed E-state index contributed by atoms with van der Waals surface area (Å²) >= 11 is 0. The molecule has 1 aromatic heterocycles. The number of carboxylic acid groups (broad SMARTS) is 1. The van der Waals surface area contributed by atoms with E-state index in [0.29, 0.717) is 0 Å². The molecule has 0 amide bonds. The second-order valence-corrected chi connectivity index (χ2v) is 4.74. The Bertz CT molecular complexity index is 769. The molecule has 5 nitrogen and oxygen atoms in total. The van der Waals surface area contributed by atoms with Crippen molar-refractivity contribution in [2.75, 3.05) is 0 Å². The van der Waals surface area contributed by atoms with Gasteiger partial charge in [-0.1, -0.05) is 19.9 Å². The van der Waals surface area contributed by atoms with Gasteiger partial charge in [-0.25, -0.2) is 18.3 Å². The van der Waals surface area contributed by atoms with Gasteiger partial charge in [0.1, 0.15) is 5.69 Å². The third kappa shape index (κ3) is 2.67. The summed E-state index contributed by atoms with van der Waals surface area (Å²) in [5.74, 6) is -4.06. The van der Waals surface area contributed by atoms with Crippen LogP contribution < -0.4 is 5.43 Å². The number of halogens is 2. The van der Waals surface area contributed by atoms with Crippen LogP contribution in [0.15, 0.2) is 29.2 Å². The zero-order valence-electron chi connectivity index (χ0n) is 11.3. The predicted molar refractivity (Wildman–Crippen MR) is 70.8 cm³/mol. The molecule has 7 heteroatoms. The van der Waals surface area contributed by atoms with Gasteiger partial charge in [0, 0.05) is 11.8 Å². The maximum Gasteiger partial charge on any atom is 0.360 e. The van der Waals surface area contributed by atoms with E-state index in [4.69, 9.17) is 5.11 Å². The van der Waals surface area contributed by atoms with E-state index in [0.717, 1.165) is 10.7 Å². The summed E-state index contributed by atoms with van der Waals surface area (Å²) < 4.78 is 27.9. The molecule has 0 aliphatic rings. The molecule has 0 aliphatic heterocycles. The molecule has 0 atom stereocenters. The minimum atomic E-state index is -1.52. The maximum absolute atomic E-state index is 13.8. The third-order valence-electron chi connectivity index (χ3n) is 2.95. The van der Waals surface area contributed by atoms with Gasteiger partial charge in [-0.2, -0.15) is 5.10 Å². The van der Waals surface area contributed by atoms with Crippen molar-refractivity contribution >= 4 is 5.97 Å². The smallest absolute Gasteiger partial charge is 0.360 e. The molecule has 21 heavy (non-hydrogen) atoms. The normalized spacial score (nSPS) is 10.9. The molecule has 0 spiro atoms. The average molecular weight is 294 g/mol. The lowest BCUT2D eigenvalue weighted by Crippen LogP contribution is -2.25. The first-order valence-electron chi connectivity index (χ1n) is 6.14. The van der Waals surface area contributed by atoms with Gasteiger partial charge in [-0.05, 0) is 18.1 Å². The van der Waals surface area contributed by atoms with Crippen LogP contribution >= 0.6 is 0 Å². The van der Waals surface area contributed by atoms with Crippen LogP contribution in [0.5, 0.6) is 0 Å². The first-order chi connectivity index (χ1) is 9.82. The zero-order chi connectivity index (χ0) is 15.7. The fraction of sp³-hybridized carbons (Fsp3) is 0.214. The van der Waals surface area contributed by atoms with Crippen molar-refractivity contribution in [3.8, 4) is 5.69 Å². The highest BCUT2D eigenvalue weighted by Crippen LogP contribution is 2.17. The van der Waals surface area contributed by atoms with E-state index in [1.54, 1.807) is 13.8 Å². The molecule has 2 rings (SSSR count). The van der Waals surface area contributed by atoms with Crippen molar-refractivity contribution in [1.82, 2.24) is 9.78 Å². The highest BCUT2D eigenvalue weighted by atomic mass is 19.2. The van der Waals surface area contributed by atoms with Crippen LogP contribution in [0.3, 0.4) is 0 Å². The Kier molecular flexibility index (Phi) is 3.84. The molecule has 0 radical (unpaired) electrons. The van der Waals surface area contributed by atoms with Gasteiger partial charge in [-0.15, -0.1) is 0 Å². The maximum atomic E-state index is 13.8. The van der Waals surface area contributed by atoms with Gasteiger partial charge < -0.3 is 5.11 Å². The molecule has 0 bridgehead atoms. The van der Waals surface area contributed by atoms with Crippen molar-refractivity contribution in [2.45, 2.75) is 19.8 Å². The Hall–Kier alpha value is -2.57. The van der Waals surface area contributed by atoms with E-state index >= 15 is 0 Å². The summed E-state index contributed by atoms with van der Waals surface area (Å²) in [7, 11) is 0. The molecule has 1 aromatic carbocycles. The van der Waals surface area contributed by atoms with E-state index in [-0.39, 0.29) is 17.2 Å². The molecule has 0 saturated carbocycles. The van der Waals surface area contributed by atoms with Gasteiger partial charge in [0.2, 0.25) is 11.1 Å². The van der Waals surface area contributed by atoms with Crippen LogP contribution in [0.2, 0.25) is 0 Å². The molecule has 110 valence electrons. The number of carboxylic acids is 1. The Balaban J connectivity index is 2.78. The van der Waals surface area contributed by atoms with Gasteiger partial charge in [0.05, 0.1) is 0 Å². The predicted octanol–water partition coefficient (Wildman–Crippen LogP) is 2.33. The number of aromatic carboxylic acids is 1.